The number of benzene rings is 2. The highest BCUT2D eigenvalue weighted by Crippen LogP contribution is 2.30. The number of aromatic nitrogens is 1. The SMILES string of the molecule is O=C(CCCC(=O)c1cccs1)NCC(c1ccccc1)c1c[nH]c2ccccc12. The van der Waals surface area contributed by atoms with E-state index in [1.807, 2.05) is 54.0 Å². The molecule has 2 N–H and O–H groups in total. The van der Waals surface area contributed by atoms with Gasteiger partial charge in [0.25, 0.3) is 0 Å². The molecule has 0 aliphatic heterocycles. The lowest BCUT2D eigenvalue weighted by molar-refractivity contribution is -0.121. The first-order valence-electron chi connectivity index (χ1n) is 10.2. The zero-order valence-electron chi connectivity index (χ0n) is 16.6. The molecule has 5 heteroatoms. The lowest BCUT2D eigenvalue weighted by Crippen LogP contribution is -2.28. The zero-order chi connectivity index (χ0) is 20.8. The van der Waals surface area contributed by atoms with Crippen molar-refractivity contribution < 1.29 is 9.59 Å². The van der Waals surface area contributed by atoms with E-state index < -0.39 is 0 Å². The van der Waals surface area contributed by atoms with Crippen LogP contribution < -0.4 is 5.32 Å². The molecule has 0 radical (unpaired) electrons. The number of hydrogen-bond donors (Lipinski definition) is 2. The van der Waals surface area contributed by atoms with Crippen LogP contribution in [0.25, 0.3) is 10.9 Å². The average molecular weight is 417 g/mol. The maximum Gasteiger partial charge on any atom is 0.220 e. The number of aromatic amines is 1. The molecule has 152 valence electrons. The molecule has 2 aromatic heterocycles. The molecule has 0 fully saturated rings. The third kappa shape index (κ3) is 4.69. The van der Waals surface area contributed by atoms with Crippen molar-refractivity contribution in [3.8, 4) is 0 Å². The van der Waals surface area contributed by atoms with Gasteiger partial charge in [0.1, 0.15) is 0 Å². The van der Waals surface area contributed by atoms with Crippen LogP contribution in [0, 0.1) is 0 Å². The fraction of sp³-hybridized carbons (Fsp3) is 0.200. The molecular formula is C25H24N2O2S. The number of para-hydroxylation sites is 1. The van der Waals surface area contributed by atoms with Crippen LogP contribution in [0.15, 0.2) is 78.3 Å². The van der Waals surface area contributed by atoms with Gasteiger partial charge in [0.15, 0.2) is 5.78 Å². The summed E-state index contributed by atoms with van der Waals surface area (Å²) in [6.45, 7) is 0.517. The summed E-state index contributed by atoms with van der Waals surface area (Å²) in [5.41, 5.74) is 3.42. The molecule has 4 aromatic rings. The first-order chi connectivity index (χ1) is 14.7. The van der Waals surface area contributed by atoms with Crippen molar-refractivity contribution in [3.63, 3.8) is 0 Å². The van der Waals surface area contributed by atoms with E-state index in [4.69, 9.17) is 0 Å². The van der Waals surface area contributed by atoms with Gasteiger partial charge in [-0.15, -0.1) is 11.3 Å². The number of rotatable bonds is 9. The van der Waals surface area contributed by atoms with Gasteiger partial charge in [-0.3, -0.25) is 9.59 Å². The molecule has 0 saturated carbocycles. The Hall–Kier alpha value is -3.18. The van der Waals surface area contributed by atoms with Crippen LogP contribution in [0.4, 0.5) is 0 Å². The molecule has 0 aliphatic rings. The Balaban J connectivity index is 1.40. The number of fused-ring (bicyclic) bond motifs is 1. The lowest BCUT2D eigenvalue weighted by Gasteiger charge is -2.18. The van der Waals surface area contributed by atoms with Crippen molar-refractivity contribution in [2.24, 2.45) is 0 Å². The molecule has 1 atom stereocenters. The molecular weight excluding hydrogens is 392 g/mol. The summed E-state index contributed by atoms with van der Waals surface area (Å²) in [6.07, 6.45) is 3.35. The summed E-state index contributed by atoms with van der Waals surface area (Å²) >= 11 is 1.45. The smallest absolute Gasteiger partial charge is 0.220 e. The van der Waals surface area contributed by atoms with Crippen LogP contribution in [0.3, 0.4) is 0 Å². The molecule has 4 nitrogen and oxygen atoms in total. The Morgan fingerprint density at radius 1 is 0.933 bits per heavy atom. The van der Waals surface area contributed by atoms with Gasteiger partial charge in [0.2, 0.25) is 5.91 Å². The molecule has 1 amide bonds. The number of hydrogen-bond acceptors (Lipinski definition) is 3. The topological polar surface area (TPSA) is 62.0 Å². The van der Waals surface area contributed by atoms with Crippen LogP contribution in [-0.4, -0.2) is 23.2 Å². The molecule has 2 heterocycles. The predicted octanol–water partition coefficient (Wildman–Crippen LogP) is 5.53. The number of carbonyl (C=O) groups is 2. The van der Waals surface area contributed by atoms with E-state index in [1.165, 1.54) is 22.3 Å². The standard InChI is InChI=1S/C25H24N2O2S/c28-23(24-13-7-15-30-24)12-6-14-25(29)27-16-20(18-8-2-1-3-9-18)21-17-26-22-11-5-4-10-19(21)22/h1-5,7-11,13,15,17,20,26H,6,12,14,16H2,(H,27,29). The van der Waals surface area contributed by atoms with Gasteiger partial charge < -0.3 is 10.3 Å². The monoisotopic (exact) mass is 416 g/mol. The molecule has 30 heavy (non-hydrogen) atoms. The average Bonchev–Trinajstić information content (AvgIpc) is 3.45. The highest BCUT2D eigenvalue weighted by atomic mass is 32.1. The normalized spacial score (nSPS) is 12.0. The number of H-pyrrole nitrogens is 1. The van der Waals surface area contributed by atoms with Gasteiger partial charge in [-0.25, -0.2) is 0 Å². The molecule has 0 aliphatic carbocycles. The zero-order valence-corrected chi connectivity index (χ0v) is 17.5. The van der Waals surface area contributed by atoms with Gasteiger partial charge in [-0.1, -0.05) is 54.6 Å². The van der Waals surface area contributed by atoms with Crippen molar-refractivity contribution in [2.75, 3.05) is 6.54 Å². The molecule has 0 bridgehead atoms. The summed E-state index contributed by atoms with van der Waals surface area (Å²) in [4.78, 5) is 28.6. The van der Waals surface area contributed by atoms with Crippen LogP contribution in [0.5, 0.6) is 0 Å². The van der Waals surface area contributed by atoms with Gasteiger partial charge in [-0.2, -0.15) is 0 Å². The minimum Gasteiger partial charge on any atom is -0.361 e. The number of amides is 1. The largest absolute Gasteiger partial charge is 0.361 e. The van der Waals surface area contributed by atoms with Gasteiger partial charge >= 0.3 is 0 Å². The quantitative estimate of drug-likeness (QED) is 0.352. The third-order valence-corrected chi connectivity index (χ3v) is 6.22. The molecule has 1 unspecified atom stereocenters. The first-order valence-corrected chi connectivity index (χ1v) is 11.0. The number of nitrogens with one attached hydrogen (secondary N) is 2. The number of carbonyl (C=O) groups excluding carboxylic acids is 2. The summed E-state index contributed by atoms with van der Waals surface area (Å²) in [5.74, 6) is 0.146. The van der Waals surface area contributed by atoms with E-state index in [9.17, 15) is 9.59 Å². The third-order valence-electron chi connectivity index (χ3n) is 5.31. The number of ketones is 1. The fourth-order valence-corrected chi connectivity index (χ4v) is 4.44. The predicted molar refractivity (Wildman–Crippen MR) is 122 cm³/mol. The van der Waals surface area contributed by atoms with Crippen LogP contribution in [0.1, 0.15) is 46.0 Å². The Labute approximate surface area is 180 Å². The van der Waals surface area contributed by atoms with Crippen molar-refractivity contribution in [3.05, 3.63) is 94.3 Å². The molecule has 2 aromatic carbocycles. The van der Waals surface area contributed by atoms with Gasteiger partial charge in [-0.05, 0) is 35.1 Å². The Kier molecular flexibility index (Phi) is 6.40. The summed E-state index contributed by atoms with van der Waals surface area (Å²) < 4.78 is 0. The number of thiophene rings is 1. The lowest BCUT2D eigenvalue weighted by atomic mass is 9.91. The van der Waals surface area contributed by atoms with Crippen LogP contribution in [0.2, 0.25) is 0 Å². The van der Waals surface area contributed by atoms with Crippen molar-refractivity contribution in [2.45, 2.75) is 25.2 Å². The second kappa shape index (κ2) is 9.55. The molecule has 0 spiro atoms. The molecule has 4 rings (SSSR count). The van der Waals surface area contributed by atoms with E-state index in [-0.39, 0.29) is 17.6 Å². The van der Waals surface area contributed by atoms with Crippen molar-refractivity contribution in [1.82, 2.24) is 10.3 Å². The maximum absolute atomic E-state index is 12.5. The van der Waals surface area contributed by atoms with E-state index >= 15 is 0 Å². The van der Waals surface area contributed by atoms with Crippen molar-refractivity contribution in [1.29, 1.82) is 0 Å². The van der Waals surface area contributed by atoms with Gasteiger partial charge in [0.05, 0.1) is 4.88 Å². The highest BCUT2D eigenvalue weighted by Gasteiger charge is 2.19. The summed E-state index contributed by atoms with van der Waals surface area (Å²) in [5, 5.41) is 6.15. The van der Waals surface area contributed by atoms with Crippen molar-refractivity contribution >= 4 is 33.9 Å². The maximum atomic E-state index is 12.5. The number of Topliss-reactive ketones (excluding diaryl/α,β-unsaturated/α-hetero) is 1. The van der Waals surface area contributed by atoms with E-state index in [1.54, 1.807) is 0 Å². The minimum atomic E-state index is -0.0187. The first kappa shape index (κ1) is 20.1. The summed E-state index contributed by atoms with van der Waals surface area (Å²) in [7, 11) is 0. The Bertz CT molecular complexity index is 1120. The van der Waals surface area contributed by atoms with Crippen LogP contribution in [-0.2, 0) is 4.79 Å². The second-order valence-electron chi connectivity index (χ2n) is 7.31. The highest BCUT2D eigenvalue weighted by molar-refractivity contribution is 7.12. The van der Waals surface area contributed by atoms with Crippen LogP contribution >= 0.6 is 11.3 Å². The van der Waals surface area contributed by atoms with E-state index in [0.717, 1.165) is 16.0 Å². The Morgan fingerprint density at radius 3 is 2.53 bits per heavy atom. The van der Waals surface area contributed by atoms with Gasteiger partial charge in [0, 0.05) is 42.4 Å². The van der Waals surface area contributed by atoms with E-state index in [2.05, 4.69) is 34.6 Å². The van der Waals surface area contributed by atoms with E-state index in [0.29, 0.717) is 25.8 Å². The molecule has 0 saturated heterocycles. The summed E-state index contributed by atoms with van der Waals surface area (Å²) in [6, 6.07) is 22.2. The fourth-order valence-electron chi connectivity index (χ4n) is 3.75. The second-order valence-corrected chi connectivity index (χ2v) is 8.26. The Morgan fingerprint density at radius 2 is 1.73 bits per heavy atom. The minimum absolute atomic E-state index is 0.0187.